The van der Waals surface area contributed by atoms with Gasteiger partial charge in [-0.2, -0.15) is 0 Å². The fraction of sp³-hybridized carbons (Fsp3) is 0.500. The van der Waals surface area contributed by atoms with Gasteiger partial charge >= 0.3 is 23.9 Å². The Labute approximate surface area is 228 Å². The Hall–Kier alpha value is -3.75. The quantitative estimate of drug-likeness (QED) is 0.210. The van der Waals surface area contributed by atoms with Crippen LogP contribution in [0.15, 0.2) is 59.8 Å². The third-order valence-corrected chi connectivity index (χ3v) is 8.28. The Morgan fingerprint density at radius 1 is 1.21 bits per heavy atom. The van der Waals surface area contributed by atoms with E-state index in [2.05, 4.69) is 4.98 Å². The summed E-state index contributed by atoms with van der Waals surface area (Å²) in [4.78, 5) is 55.0. The van der Waals surface area contributed by atoms with E-state index in [4.69, 9.17) is 18.9 Å². The van der Waals surface area contributed by atoms with Gasteiger partial charge in [0.05, 0.1) is 13.7 Å². The molecule has 0 N–H and O–H groups in total. The van der Waals surface area contributed by atoms with Crippen LogP contribution in [0.3, 0.4) is 0 Å². The first-order chi connectivity index (χ1) is 18.6. The Morgan fingerprint density at radius 3 is 2.69 bits per heavy atom. The number of carbonyl (C=O) groups is 4. The zero-order chi connectivity index (χ0) is 28.3. The molecule has 1 saturated carbocycles. The van der Waals surface area contributed by atoms with Crippen LogP contribution in [0.5, 0.6) is 0 Å². The molecule has 0 radical (unpaired) electrons. The number of hydrogen-bond donors (Lipinski definition) is 0. The Morgan fingerprint density at radius 2 is 2.00 bits per heavy atom. The van der Waals surface area contributed by atoms with Gasteiger partial charge in [0, 0.05) is 42.3 Å². The number of esters is 4. The van der Waals surface area contributed by atoms with E-state index in [1.54, 1.807) is 44.3 Å². The molecule has 1 aromatic heterocycles. The summed E-state index contributed by atoms with van der Waals surface area (Å²) >= 11 is 0. The third kappa shape index (κ3) is 5.27. The maximum atomic E-state index is 13.7. The molecule has 0 amide bonds. The molecule has 2 aliphatic carbocycles. The normalized spacial score (nSPS) is 30.1. The van der Waals surface area contributed by atoms with Crippen molar-refractivity contribution in [2.45, 2.75) is 70.5 Å². The lowest BCUT2D eigenvalue weighted by atomic mass is 9.62. The van der Waals surface area contributed by atoms with Crippen molar-refractivity contribution in [2.24, 2.45) is 11.3 Å². The SMILES string of the molecule is COC(=O)C1=CC[C@@]23CC[C@@H]([C@@](C)(/C=C/C=C(\C)C(=O)OCCc4ccccn4)OC2=O)[C@@]3(OC(C)=O)CC1. The van der Waals surface area contributed by atoms with E-state index in [-0.39, 0.29) is 18.9 Å². The van der Waals surface area contributed by atoms with E-state index in [9.17, 15) is 19.2 Å². The van der Waals surface area contributed by atoms with Crippen LogP contribution in [-0.4, -0.2) is 53.8 Å². The van der Waals surface area contributed by atoms with Crippen molar-refractivity contribution in [1.29, 1.82) is 0 Å². The van der Waals surface area contributed by atoms with E-state index in [1.807, 2.05) is 18.2 Å². The van der Waals surface area contributed by atoms with Crippen LogP contribution in [0.2, 0.25) is 0 Å². The van der Waals surface area contributed by atoms with Crippen LogP contribution in [-0.2, 0) is 44.5 Å². The molecule has 2 heterocycles. The van der Waals surface area contributed by atoms with Crippen molar-refractivity contribution in [3.63, 3.8) is 0 Å². The minimum atomic E-state index is -1.14. The maximum absolute atomic E-state index is 13.7. The summed E-state index contributed by atoms with van der Waals surface area (Å²) in [5, 5.41) is 0. The summed E-state index contributed by atoms with van der Waals surface area (Å²) in [6, 6.07) is 5.57. The molecule has 9 nitrogen and oxygen atoms in total. The first kappa shape index (κ1) is 28.3. The highest BCUT2D eigenvalue weighted by atomic mass is 16.6. The van der Waals surface area contributed by atoms with Crippen molar-refractivity contribution in [2.75, 3.05) is 13.7 Å². The smallest absolute Gasteiger partial charge is 0.333 e. The number of cyclic esters (lactones) is 1. The highest BCUT2D eigenvalue weighted by molar-refractivity contribution is 5.90. The van der Waals surface area contributed by atoms with Gasteiger partial charge in [-0.3, -0.25) is 14.6 Å². The summed E-state index contributed by atoms with van der Waals surface area (Å²) in [7, 11) is 1.31. The molecule has 1 aliphatic heterocycles. The lowest BCUT2D eigenvalue weighted by molar-refractivity contribution is -0.235. The number of rotatable bonds is 8. The van der Waals surface area contributed by atoms with Gasteiger partial charge in [0.15, 0.2) is 0 Å². The molecule has 4 rings (SSSR count). The van der Waals surface area contributed by atoms with Gasteiger partial charge in [0.2, 0.25) is 0 Å². The molecule has 208 valence electrons. The monoisotopic (exact) mass is 537 g/mol. The summed E-state index contributed by atoms with van der Waals surface area (Å²) in [6.45, 7) is 4.98. The number of aromatic nitrogens is 1. The molecule has 0 spiro atoms. The first-order valence-corrected chi connectivity index (χ1v) is 13.2. The Bertz CT molecular complexity index is 1230. The summed E-state index contributed by atoms with van der Waals surface area (Å²) in [5.41, 5.74) is -1.63. The second-order valence-corrected chi connectivity index (χ2v) is 10.6. The molecule has 3 aliphatic rings. The van der Waals surface area contributed by atoms with Gasteiger partial charge in [-0.25, -0.2) is 9.59 Å². The van der Waals surface area contributed by atoms with Crippen molar-refractivity contribution in [3.8, 4) is 0 Å². The fourth-order valence-electron chi connectivity index (χ4n) is 6.36. The fourth-order valence-corrected chi connectivity index (χ4v) is 6.36. The van der Waals surface area contributed by atoms with E-state index in [0.29, 0.717) is 43.3 Å². The summed E-state index contributed by atoms with van der Waals surface area (Å²) in [6.07, 6.45) is 10.9. The van der Waals surface area contributed by atoms with Crippen molar-refractivity contribution >= 4 is 23.9 Å². The summed E-state index contributed by atoms with van der Waals surface area (Å²) < 4.78 is 22.4. The molecule has 2 bridgehead atoms. The van der Waals surface area contributed by atoms with Gasteiger partial charge in [0.1, 0.15) is 16.6 Å². The topological polar surface area (TPSA) is 118 Å². The molecule has 1 aromatic rings. The molecule has 9 heteroatoms. The zero-order valence-electron chi connectivity index (χ0n) is 22.9. The molecule has 2 fully saturated rings. The zero-order valence-corrected chi connectivity index (χ0v) is 22.9. The van der Waals surface area contributed by atoms with Gasteiger partial charge in [-0.05, 0) is 64.2 Å². The average molecular weight is 538 g/mol. The van der Waals surface area contributed by atoms with Crippen molar-refractivity contribution in [1.82, 2.24) is 4.98 Å². The highest BCUT2D eigenvalue weighted by Crippen LogP contribution is 2.65. The number of ether oxygens (including phenoxy) is 4. The highest BCUT2D eigenvalue weighted by Gasteiger charge is 2.74. The predicted octanol–water partition coefficient (Wildman–Crippen LogP) is 3.97. The minimum absolute atomic E-state index is 0.205. The molecule has 39 heavy (non-hydrogen) atoms. The number of allylic oxidation sites excluding steroid dienone is 3. The second-order valence-electron chi connectivity index (χ2n) is 10.6. The molecular formula is C30H35NO8. The van der Waals surface area contributed by atoms with Crippen LogP contribution >= 0.6 is 0 Å². The maximum Gasteiger partial charge on any atom is 0.333 e. The number of nitrogens with zero attached hydrogens (tertiary/aromatic N) is 1. The van der Waals surface area contributed by atoms with Crippen LogP contribution in [0, 0.1) is 11.3 Å². The lowest BCUT2D eigenvalue weighted by Crippen LogP contribution is -2.65. The molecule has 0 unspecified atom stereocenters. The Balaban J connectivity index is 1.53. The van der Waals surface area contributed by atoms with E-state index in [0.717, 1.165) is 5.69 Å². The molecule has 4 atom stereocenters. The third-order valence-electron chi connectivity index (χ3n) is 8.28. The van der Waals surface area contributed by atoms with E-state index in [1.165, 1.54) is 14.0 Å². The van der Waals surface area contributed by atoms with Crippen LogP contribution < -0.4 is 0 Å². The number of carbonyl (C=O) groups excluding carboxylic acids is 4. The van der Waals surface area contributed by atoms with Crippen molar-refractivity contribution in [3.05, 3.63) is 65.5 Å². The van der Waals surface area contributed by atoms with Crippen LogP contribution in [0.4, 0.5) is 0 Å². The number of pyridine rings is 1. The minimum Gasteiger partial charge on any atom is -0.466 e. The number of methoxy groups -OCH3 is 1. The average Bonchev–Trinajstić information content (AvgIpc) is 3.05. The predicted molar refractivity (Wildman–Crippen MR) is 140 cm³/mol. The largest absolute Gasteiger partial charge is 0.466 e. The number of hydrogen-bond acceptors (Lipinski definition) is 9. The van der Waals surface area contributed by atoms with Crippen LogP contribution in [0.25, 0.3) is 0 Å². The van der Waals surface area contributed by atoms with Gasteiger partial charge in [-0.1, -0.05) is 24.3 Å². The molecule has 1 saturated heterocycles. The second kappa shape index (κ2) is 11.2. The van der Waals surface area contributed by atoms with E-state index >= 15 is 0 Å². The van der Waals surface area contributed by atoms with Gasteiger partial charge in [-0.15, -0.1) is 0 Å². The van der Waals surface area contributed by atoms with E-state index < -0.39 is 40.5 Å². The van der Waals surface area contributed by atoms with Gasteiger partial charge < -0.3 is 18.9 Å². The summed E-state index contributed by atoms with van der Waals surface area (Å²) in [5.74, 6) is -2.20. The first-order valence-electron chi connectivity index (χ1n) is 13.2. The standard InChI is InChI=1S/C30H35NO8/c1-20(25(33)37-19-13-23-9-5-6-18-31-23)8-7-14-28(3)24-12-16-29(27(35)39-28)15-10-22(26(34)36-4)11-17-30(24,29)38-21(2)32/h5-10,14,18,24H,11-13,15-17,19H2,1-4H3/b14-7+,20-8+/t24-,28+,29+,30-/m0/s1. The molecular weight excluding hydrogens is 502 g/mol. The Kier molecular flexibility index (Phi) is 8.09. The van der Waals surface area contributed by atoms with Crippen LogP contribution in [0.1, 0.15) is 58.6 Å². The lowest BCUT2D eigenvalue weighted by Gasteiger charge is -2.54. The molecule has 0 aromatic carbocycles. The van der Waals surface area contributed by atoms with Gasteiger partial charge in [0.25, 0.3) is 0 Å². The van der Waals surface area contributed by atoms with Crippen molar-refractivity contribution < 1.29 is 38.1 Å².